The monoisotopic (exact) mass is 816 g/mol. The second-order valence-corrected chi connectivity index (χ2v) is 15.5. The van der Waals surface area contributed by atoms with Crippen molar-refractivity contribution in [2.24, 2.45) is 0 Å². The number of nitro groups is 2. The molecule has 2 aliphatic rings. The van der Waals surface area contributed by atoms with Crippen molar-refractivity contribution in [3.05, 3.63) is 127 Å². The summed E-state index contributed by atoms with van der Waals surface area (Å²) in [6.45, 7) is 9.84. The van der Waals surface area contributed by atoms with Crippen LogP contribution in [0.5, 0.6) is 0 Å². The van der Waals surface area contributed by atoms with Crippen molar-refractivity contribution in [1.82, 2.24) is 19.6 Å². The number of rotatable bonds is 10. The largest absolute Gasteiger partial charge is 0.339 e. The van der Waals surface area contributed by atoms with Gasteiger partial charge in [-0.2, -0.15) is 0 Å². The molecule has 14 nitrogen and oxygen atoms in total. The van der Waals surface area contributed by atoms with Crippen LogP contribution in [-0.4, -0.2) is 105 Å². The number of carbonyl (C=O) groups is 4. The topological polar surface area (TPSA) is 168 Å². The van der Waals surface area contributed by atoms with E-state index in [1.807, 2.05) is 38.1 Å². The summed E-state index contributed by atoms with van der Waals surface area (Å²) in [6.07, 6.45) is 5.82. The minimum atomic E-state index is -0.511. The molecule has 2 saturated heterocycles. The van der Waals surface area contributed by atoms with Gasteiger partial charge in [0.2, 0.25) is 23.6 Å². The van der Waals surface area contributed by atoms with Crippen LogP contribution >= 0.6 is 11.8 Å². The molecule has 0 bridgehead atoms. The molecule has 0 aliphatic carbocycles. The van der Waals surface area contributed by atoms with E-state index in [0.29, 0.717) is 74.6 Å². The Kier molecular flexibility index (Phi) is 13.0. The van der Waals surface area contributed by atoms with Crippen LogP contribution in [0.4, 0.5) is 11.4 Å². The number of aryl methyl sites for hydroxylation is 2. The van der Waals surface area contributed by atoms with Crippen LogP contribution in [0, 0.1) is 34.1 Å². The van der Waals surface area contributed by atoms with Crippen LogP contribution in [0.2, 0.25) is 0 Å². The molecule has 304 valence electrons. The maximum Gasteiger partial charge on any atom is 0.291 e. The van der Waals surface area contributed by atoms with Crippen LogP contribution < -0.4 is 0 Å². The van der Waals surface area contributed by atoms with E-state index >= 15 is 0 Å². The number of hydrogen-bond acceptors (Lipinski definition) is 9. The zero-order valence-electron chi connectivity index (χ0n) is 33.3. The second kappa shape index (κ2) is 18.3. The number of piperazine rings is 2. The van der Waals surface area contributed by atoms with Crippen LogP contribution in [0.1, 0.15) is 36.1 Å². The Hall–Kier alpha value is -6.61. The molecule has 4 amide bonds. The van der Waals surface area contributed by atoms with Crippen molar-refractivity contribution in [3.8, 4) is 22.3 Å². The summed E-state index contributed by atoms with van der Waals surface area (Å²) < 4.78 is 0. The van der Waals surface area contributed by atoms with Crippen molar-refractivity contribution in [3.63, 3.8) is 0 Å². The highest BCUT2D eigenvalue weighted by atomic mass is 32.2. The van der Waals surface area contributed by atoms with Crippen LogP contribution in [0.15, 0.2) is 94.7 Å². The fourth-order valence-electron chi connectivity index (χ4n) is 7.16. The van der Waals surface area contributed by atoms with Gasteiger partial charge in [-0.15, -0.1) is 0 Å². The highest BCUT2D eigenvalue weighted by Crippen LogP contribution is 2.48. The summed E-state index contributed by atoms with van der Waals surface area (Å²) >= 11 is 0.892. The van der Waals surface area contributed by atoms with E-state index in [1.54, 1.807) is 68.1 Å². The average molecular weight is 817 g/mol. The van der Waals surface area contributed by atoms with Gasteiger partial charge in [-0.3, -0.25) is 39.4 Å². The Labute approximate surface area is 346 Å². The van der Waals surface area contributed by atoms with Crippen LogP contribution in [-0.2, 0) is 19.2 Å². The molecule has 6 rings (SSSR count). The summed E-state index contributed by atoms with van der Waals surface area (Å²) in [7, 11) is 0. The Morgan fingerprint density at radius 3 is 1.15 bits per heavy atom. The molecule has 4 aromatic carbocycles. The van der Waals surface area contributed by atoms with Crippen molar-refractivity contribution in [2.45, 2.75) is 37.5 Å². The number of amides is 4. The first-order chi connectivity index (χ1) is 28.2. The quantitative estimate of drug-likeness (QED) is 0.0929. The van der Waals surface area contributed by atoms with E-state index in [0.717, 1.165) is 22.9 Å². The highest BCUT2D eigenvalue weighted by molar-refractivity contribution is 7.99. The Morgan fingerprint density at radius 1 is 0.525 bits per heavy atom. The SMILES string of the molecule is CC(=O)N1CCN(C(=O)C=Cc2ccc(Sc3ccc(C=CC(=O)N4CCN(C(C)=O)CC4)c(-c4ccc(C)cc4)c3[N+](=O)[O-])c([N+](=O)[O-])c2-c2ccc(C)cc2)CC1. The van der Waals surface area contributed by atoms with Gasteiger partial charge in [-0.05, 0) is 60.4 Å². The lowest BCUT2D eigenvalue weighted by Crippen LogP contribution is -2.49. The van der Waals surface area contributed by atoms with Crippen molar-refractivity contribution in [1.29, 1.82) is 0 Å². The number of benzene rings is 4. The molecule has 2 aliphatic heterocycles. The molecule has 0 unspecified atom stereocenters. The third-order valence-electron chi connectivity index (χ3n) is 10.5. The standard InChI is InChI=1S/C44H44N6O8S/c1-29-5-9-33(10-6-29)41-35(15-19-39(53)47-25-21-45(22-26-47)31(3)51)13-17-37(43(41)49(55)56)59-38-18-14-36(16-20-40(54)48-27-23-46(24-28-48)32(4)52)42(44(38)50(57)58)34-11-7-30(2)8-12-34/h5-20H,21-28H2,1-4H3. The van der Waals surface area contributed by atoms with E-state index in [9.17, 15) is 39.4 Å². The number of hydrogen-bond donors (Lipinski definition) is 0. The predicted octanol–water partition coefficient (Wildman–Crippen LogP) is 7.01. The Balaban J connectivity index is 1.41. The van der Waals surface area contributed by atoms with Crippen LogP contribution in [0.25, 0.3) is 34.4 Å². The first-order valence-electron chi connectivity index (χ1n) is 19.1. The predicted molar refractivity (Wildman–Crippen MR) is 226 cm³/mol. The normalized spacial score (nSPS) is 14.6. The zero-order valence-corrected chi connectivity index (χ0v) is 34.1. The van der Waals surface area contributed by atoms with Gasteiger partial charge < -0.3 is 19.6 Å². The second-order valence-electron chi connectivity index (χ2n) is 14.4. The number of nitro benzene ring substituents is 2. The first kappa shape index (κ1) is 42.0. The van der Waals surface area contributed by atoms with E-state index in [1.165, 1.54) is 38.1 Å². The third kappa shape index (κ3) is 9.75. The molecular formula is C44H44N6O8S. The van der Waals surface area contributed by atoms with E-state index in [2.05, 4.69) is 0 Å². The molecule has 15 heteroatoms. The van der Waals surface area contributed by atoms with Gasteiger partial charge in [0, 0.05) is 78.4 Å². The molecule has 0 saturated carbocycles. The molecule has 0 aromatic heterocycles. The zero-order chi connectivity index (χ0) is 42.4. The average Bonchev–Trinajstić information content (AvgIpc) is 3.22. The maximum absolute atomic E-state index is 13.3. The lowest BCUT2D eigenvalue weighted by atomic mass is 9.96. The number of carbonyl (C=O) groups excluding carboxylic acids is 4. The van der Waals surface area contributed by atoms with Gasteiger partial charge in [0.25, 0.3) is 11.4 Å². The summed E-state index contributed by atoms with van der Waals surface area (Å²) in [6, 6.07) is 20.7. The third-order valence-corrected chi connectivity index (χ3v) is 11.6. The van der Waals surface area contributed by atoms with E-state index in [4.69, 9.17) is 0 Å². The van der Waals surface area contributed by atoms with Gasteiger partial charge in [0.1, 0.15) is 0 Å². The van der Waals surface area contributed by atoms with E-state index < -0.39 is 9.85 Å². The lowest BCUT2D eigenvalue weighted by molar-refractivity contribution is -0.387. The minimum absolute atomic E-state index is 0.0603. The Morgan fingerprint density at radius 2 is 0.847 bits per heavy atom. The van der Waals surface area contributed by atoms with Gasteiger partial charge >= 0.3 is 0 Å². The fourth-order valence-corrected chi connectivity index (χ4v) is 8.22. The minimum Gasteiger partial charge on any atom is -0.339 e. The Bertz CT molecular complexity index is 2200. The summed E-state index contributed by atoms with van der Waals surface area (Å²) in [5, 5.41) is 26.2. The summed E-state index contributed by atoms with van der Waals surface area (Å²) in [4.78, 5) is 82.1. The van der Waals surface area contributed by atoms with Crippen molar-refractivity contribution >= 4 is 58.9 Å². The molecule has 59 heavy (non-hydrogen) atoms. The molecule has 4 aromatic rings. The summed E-state index contributed by atoms with van der Waals surface area (Å²) in [5.41, 5.74) is 3.65. The van der Waals surface area contributed by atoms with Gasteiger partial charge in [0.05, 0.1) is 30.8 Å². The molecule has 2 heterocycles. The first-order valence-corrected chi connectivity index (χ1v) is 19.9. The molecule has 0 N–H and O–H groups in total. The molecule has 0 atom stereocenters. The van der Waals surface area contributed by atoms with Crippen LogP contribution in [0.3, 0.4) is 0 Å². The van der Waals surface area contributed by atoms with Gasteiger partial charge in [0.15, 0.2) is 0 Å². The van der Waals surface area contributed by atoms with Crippen molar-refractivity contribution < 1.29 is 29.0 Å². The lowest BCUT2D eigenvalue weighted by Gasteiger charge is -2.33. The number of nitrogens with zero attached hydrogens (tertiary/aromatic N) is 6. The highest BCUT2D eigenvalue weighted by Gasteiger charge is 2.30. The maximum atomic E-state index is 13.3. The molecule has 0 radical (unpaired) electrons. The fraction of sp³-hybridized carbons (Fsp3) is 0.273. The molecular weight excluding hydrogens is 773 g/mol. The smallest absolute Gasteiger partial charge is 0.291 e. The summed E-state index contributed by atoms with van der Waals surface area (Å²) in [5.74, 6) is -0.714. The molecule has 2 fully saturated rings. The van der Waals surface area contributed by atoms with Gasteiger partial charge in [-0.25, -0.2) is 0 Å². The van der Waals surface area contributed by atoms with E-state index in [-0.39, 0.29) is 55.9 Å². The molecule has 0 spiro atoms. The van der Waals surface area contributed by atoms with Gasteiger partial charge in [-0.1, -0.05) is 83.6 Å². The van der Waals surface area contributed by atoms with Crippen molar-refractivity contribution in [2.75, 3.05) is 52.4 Å².